The molecule has 2 aromatic rings. The molecule has 4 heteroatoms. The molecule has 0 saturated carbocycles. The first-order valence-corrected chi connectivity index (χ1v) is 7.76. The second-order valence-corrected chi connectivity index (χ2v) is 5.82. The molecule has 21 heavy (non-hydrogen) atoms. The van der Waals surface area contributed by atoms with Gasteiger partial charge in [-0.2, -0.15) is 0 Å². The highest BCUT2D eigenvalue weighted by atomic mass is 35.5. The minimum absolute atomic E-state index is 0.206. The van der Waals surface area contributed by atoms with E-state index in [9.17, 15) is 0 Å². The van der Waals surface area contributed by atoms with Crippen LogP contribution in [0.25, 0.3) is 0 Å². The number of aryl methyl sites for hydroxylation is 1. The number of thiocarbonyl (C=S) groups is 1. The van der Waals surface area contributed by atoms with Crippen LogP contribution in [0, 0.1) is 6.92 Å². The van der Waals surface area contributed by atoms with Gasteiger partial charge in [0, 0.05) is 10.7 Å². The molecule has 0 spiro atoms. The predicted octanol–water partition coefficient (Wildman–Crippen LogP) is 5.09. The summed E-state index contributed by atoms with van der Waals surface area (Å²) < 4.78 is 0. The third-order valence-electron chi connectivity index (χ3n) is 3.30. The third-order valence-corrected chi connectivity index (χ3v) is 3.77. The van der Waals surface area contributed by atoms with Gasteiger partial charge in [0.2, 0.25) is 0 Å². The van der Waals surface area contributed by atoms with E-state index in [-0.39, 0.29) is 6.04 Å². The van der Waals surface area contributed by atoms with Crippen molar-refractivity contribution in [3.8, 4) is 0 Å². The topological polar surface area (TPSA) is 24.1 Å². The fourth-order valence-corrected chi connectivity index (χ4v) is 2.46. The van der Waals surface area contributed by atoms with Crippen molar-refractivity contribution < 1.29 is 0 Å². The van der Waals surface area contributed by atoms with E-state index in [1.54, 1.807) is 0 Å². The van der Waals surface area contributed by atoms with E-state index in [1.165, 1.54) is 11.1 Å². The van der Waals surface area contributed by atoms with Crippen LogP contribution in [-0.4, -0.2) is 5.11 Å². The van der Waals surface area contributed by atoms with E-state index < -0.39 is 0 Å². The molecule has 1 atom stereocenters. The summed E-state index contributed by atoms with van der Waals surface area (Å²) in [5.41, 5.74) is 3.43. The fourth-order valence-electron chi connectivity index (χ4n) is 2.08. The summed E-state index contributed by atoms with van der Waals surface area (Å²) in [6.07, 6.45) is 0.964. The second kappa shape index (κ2) is 7.43. The van der Waals surface area contributed by atoms with Crippen LogP contribution in [-0.2, 0) is 0 Å². The summed E-state index contributed by atoms with van der Waals surface area (Å²) in [7, 11) is 0. The van der Waals surface area contributed by atoms with Gasteiger partial charge >= 0.3 is 0 Å². The maximum Gasteiger partial charge on any atom is 0.171 e. The molecule has 2 nitrogen and oxygen atoms in total. The van der Waals surface area contributed by atoms with Crippen LogP contribution in [0.15, 0.2) is 48.5 Å². The fraction of sp³-hybridized carbons (Fsp3) is 0.235. The molecular weight excluding hydrogens is 300 g/mol. The lowest BCUT2D eigenvalue weighted by atomic mass is 10.0. The molecule has 0 aliphatic carbocycles. The average Bonchev–Trinajstić information content (AvgIpc) is 2.48. The van der Waals surface area contributed by atoms with E-state index in [0.717, 1.165) is 12.1 Å². The number of nitrogens with one attached hydrogen (secondary N) is 2. The van der Waals surface area contributed by atoms with Gasteiger partial charge in [-0.15, -0.1) is 0 Å². The first-order valence-electron chi connectivity index (χ1n) is 6.98. The molecule has 0 heterocycles. The van der Waals surface area contributed by atoms with Crippen LogP contribution in [0.1, 0.15) is 30.5 Å². The van der Waals surface area contributed by atoms with Crippen LogP contribution < -0.4 is 10.6 Å². The molecule has 2 rings (SSSR count). The highest BCUT2D eigenvalue weighted by Gasteiger charge is 2.10. The van der Waals surface area contributed by atoms with Crippen LogP contribution in [0.4, 0.5) is 5.69 Å². The van der Waals surface area contributed by atoms with Crippen molar-refractivity contribution in [3.05, 3.63) is 64.7 Å². The van der Waals surface area contributed by atoms with Crippen LogP contribution in [0.3, 0.4) is 0 Å². The zero-order valence-corrected chi connectivity index (χ0v) is 13.8. The quantitative estimate of drug-likeness (QED) is 0.768. The number of hydrogen-bond acceptors (Lipinski definition) is 1. The summed E-state index contributed by atoms with van der Waals surface area (Å²) >= 11 is 11.3. The third kappa shape index (κ3) is 4.73. The maximum atomic E-state index is 5.87. The van der Waals surface area contributed by atoms with E-state index >= 15 is 0 Å². The lowest BCUT2D eigenvalue weighted by Gasteiger charge is -2.20. The summed E-state index contributed by atoms with van der Waals surface area (Å²) in [6, 6.07) is 16.2. The summed E-state index contributed by atoms with van der Waals surface area (Å²) in [5.74, 6) is 0. The Bertz CT molecular complexity index is 593. The number of halogens is 1. The maximum absolute atomic E-state index is 5.87. The first-order chi connectivity index (χ1) is 10.1. The van der Waals surface area contributed by atoms with Gasteiger partial charge in [-0.3, -0.25) is 0 Å². The Kier molecular flexibility index (Phi) is 5.59. The van der Waals surface area contributed by atoms with Gasteiger partial charge in [0.25, 0.3) is 0 Å². The average molecular weight is 319 g/mol. The monoisotopic (exact) mass is 318 g/mol. The van der Waals surface area contributed by atoms with Crippen molar-refractivity contribution >= 4 is 34.6 Å². The summed E-state index contributed by atoms with van der Waals surface area (Å²) in [5, 5.41) is 7.86. The molecular formula is C17H19ClN2S. The van der Waals surface area contributed by atoms with Crippen molar-refractivity contribution in [2.75, 3.05) is 5.32 Å². The summed E-state index contributed by atoms with van der Waals surface area (Å²) in [4.78, 5) is 0. The molecule has 0 aromatic heterocycles. The van der Waals surface area contributed by atoms with E-state index in [2.05, 4.69) is 48.7 Å². The Balaban J connectivity index is 1.99. The lowest BCUT2D eigenvalue weighted by molar-refractivity contribution is 0.629. The van der Waals surface area contributed by atoms with Gasteiger partial charge in [0.1, 0.15) is 0 Å². The number of hydrogen-bond donors (Lipinski definition) is 2. The molecule has 0 aliphatic rings. The zero-order chi connectivity index (χ0) is 15.2. The minimum atomic E-state index is 0.206. The normalized spacial score (nSPS) is 11.8. The van der Waals surface area contributed by atoms with Crippen LogP contribution in [0.2, 0.25) is 5.02 Å². The van der Waals surface area contributed by atoms with E-state index in [0.29, 0.717) is 10.1 Å². The highest BCUT2D eigenvalue weighted by molar-refractivity contribution is 7.80. The molecule has 0 amide bonds. The van der Waals surface area contributed by atoms with Crippen LogP contribution >= 0.6 is 23.8 Å². The molecule has 0 fully saturated rings. The Labute approximate surface area is 136 Å². The van der Waals surface area contributed by atoms with E-state index in [1.807, 2.05) is 24.3 Å². The minimum Gasteiger partial charge on any atom is -0.356 e. The smallest absolute Gasteiger partial charge is 0.171 e. The Morgan fingerprint density at radius 2 is 1.71 bits per heavy atom. The Morgan fingerprint density at radius 1 is 1.10 bits per heavy atom. The Hall–Kier alpha value is -1.58. The zero-order valence-electron chi connectivity index (χ0n) is 12.2. The number of rotatable bonds is 4. The molecule has 0 unspecified atom stereocenters. The molecule has 0 aliphatic heterocycles. The molecule has 2 N–H and O–H groups in total. The SMILES string of the molecule is CC[C@@H](NC(=S)Nc1ccc(Cl)cc1)c1ccc(C)cc1. The molecule has 2 aromatic carbocycles. The number of anilines is 1. The van der Waals surface area contributed by atoms with Gasteiger partial charge in [0.15, 0.2) is 5.11 Å². The van der Waals surface area contributed by atoms with Gasteiger partial charge in [-0.25, -0.2) is 0 Å². The standard InChI is InChI=1S/C17H19ClN2S/c1-3-16(13-6-4-12(2)5-7-13)20-17(21)19-15-10-8-14(18)9-11-15/h4-11,16H,3H2,1-2H3,(H2,19,20,21)/t16-/m1/s1. The highest BCUT2D eigenvalue weighted by Crippen LogP contribution is 2.18. The van der Waals surface area contributed by atoms with E-state index in [4.69, 9.17) is 23.8 Å². The van der Waals surface area contributed by atoms with Gasteiger partial charge in [0.05, 0.1) is 6.04 Å². The molecule has 0 radical (unpaired) electrons. The predicted molar refractivity (Wildman–Crippen MR) is 95.0 cm³/mol. The van der Waals surface area contributed by atoms with Crippen molar-refractivity contribution in [3.63, 3.8) is 0 Å². The largest absolute Gasteiger partial charge is 0.356 e. The summed E-state index contributed by atoms with van der Waals surface area (Å²) in [6.45, 7) is 4.23. The van der Waals surface area contributed by atoms with Gasteiger partial charge in [-0.1, -0.05) is 48.4 Å². The van der Waals surface area contributed by atoms with Crippen molar-refractivity contribution in [1.29, 1.82) is 0 Å². The van der Waals surface area contributed by atoms with Gasteiger partial charge in [-0.05, 0) is 55.4 Å². The Morgan fingerprint density at radius 3 is 2.29 bits per heavy atom. The molecule has 0 bridgehead atoms. The molecule has 110 valence electrons. The number of benzene rings is 2. The van der Waals surface area contributed by atoms with Crippen molar-refractivity contribution in [1.82, 2.24) is 5.32 Å². The van der Waals surface area contributed by atoms with Gasteiger partial charge < -0.3 is 10.6 Å². The molecule has 0 saturated heterocycles. The van der Waals surface area contributed by atoms with Crippen molar-refractivity contribution in [2.45, 2.75) is 26.3 Å². The first kappa shape index (κ1) is 15.8. The lowest BCUT2D eigenvalue weighted by Crippen LogP contribution is -2.32. The van der Waals surface area contributed by atoms with Crippen LogP contribution in [0.5, 0.6) is 0 Å². The van der Waals surface area contributed by atoms with Crippen molar-refractivity contribution in [2.24, 2.45) is 0 Å². The second-order valence-electron chi connectivity index (χ2n) is 4.98.